The van der Waals surface area contributed by atoms with Crippen LogP contribution in [0, 0.1) is 18.3 Å². The lowest BCUT2D eigenvalue weighted by Crippen LogP contribution is -2.22. The second kappa shape index (κ2) is 4.80. The van der Waals surface area contributed by atoms with E-state index in [0.29, 0.717) is 12.2 Å². The van der Waals surface area contributed by atoms with Gasteiger partial charge in [-0.25, -0.2) is 0 Å². The number of nitriles is 1. The Labute approximate surface area is 84.3 Å². The van der Waals surface area contributed by atoms with Crippen LogP contribution in [0.4, 0.5) is 0 Å². The highest BCUT2D eigenvalue weighted by atomic mass is 15.0. The Balaban J connectivity index is 2.74. The molecule has 0 aliphatic carbocycles. The average molecular weight is 192 g/mol. The fraction of sp³-hybridized carbons (Fsp3) is 0.500. The van der Waals surface area contributed by atoms with Crippen molar-refractivity contribution in [2.75, 3.05) is 13.1 Å². The van der Waals surface area contributed by atoms with Crippen LogP contribution in [0.3, 0.4) is 0 Å². The minimum atomic E-state index is 0.636. The summed E-state index contributed by atoms with van der Waals surface area (Å²) in [5, 5.41) is 12.0. The third-order valence-electron chi connectivity index (χ3n) is 2.39. The van der Waals surface area contributed by atoms with E-state index in [1.54, 1.807) is 0 Å². The van der Waals surface area contributed by atoms with E-state index in [1.807, 2.05) is 24.6 Å². The lowest BCUT2D eigenvalue weighted by atomic mass is 10.2. The second-order valence-electron chi connectivity index (χ2n) is 3.28. The Kier molecular flexibility index (Phi) is 3.69. The summed E-state index contributed by atoms with van der Waals surface area (Å²) in [5.41, 5.74) is 8.37. The highest BCUT2D eigenvalue weighted by Gasteiger charge is 2.07. The molecule has 1 aromatic rings. The van der Waals surface area contributed by atoms with Gasteiger partial charge in [0.25, 0.3) is 0 Å². The maximum atomic E-state index is 8.82. The van der Waals surface area contributed by atoms with Crippen molar-refractivity contribution in [3.8, 4) is 6.07 Å². The van der Waals surface area contributed by atoms with Crippen molar-refractivity contribution in [3.63, 3.8) is 0 Å². The Hall–Kier alpha value is -1.31. The standard InChI is InChI=1S/C10H16N4/c1-8-9(7-13-4-3-11)5-10(6-12)14(8)2/h5,13H,3-4,7,11H2,1-2H3. The van der Waals surface area contributed by atoms with Crippen LogP contribution in [0.25, 0.3) is 0 Å². The molecule has 0 aliphatic rings. The predicted octanol–water partition coefficient (Wildman–Crippen LogP) is 0.253. The van der Waals surface area contributed by atoms with E-state index >= 15 is 0 Å². The molecule has 0 amide bonds. The van der Waals surface area contributed by atoms with Gasteiger partial charge in [-0.3, -0.25) is 0 Å². The van der Waals surface area contributed by atoms with E-state index in [2.05, 4.69) is 11.4 Å². The van der Waals surface area contributed by atoms with Gasteiger partial charge < -0.3 is 15.6 Å². The molecule has 0 unspecified atom stereocenters. The number of nitrogens with one attached hydrogen (secondary N) is 1. The van der Waals surface area contributed by atoms with E-state index in [4.69, 9.17) is 11.0 Å². The minimum Gasteiger partial charge on any atom is -0.340 e. The zero-order valence-corrected chi connectivity index (χ0v) is 8.67. The maximum Gasteiger partial charge on any atom is 0.120 e. The molecule has 0 fully saturated rings. The zero-order valence-electron chi connectivity index (χ0n) is 8.67. The van der Waals surface area contributed by atoms with E-state index in [-0.39, 0.29) is 0 Å². The molecule has 0 atom stereocenters. The van der Waals surface area contributed by atoms with Gasteiger partial charge in [0.15, 0.2) is 0 Å². The average Bonchev–Trinajstić information content (AvgIpc) is 2.46. The molecule has 4 nitrogen and oxygen atoms in total. The van der Waals surface area contributed by atoms with Crippen molar-refractivity contribution in [1.82, 2.24) is 9.88 Å². The molecule has 0 saturated heterocycles. The molecule has 0 aromatic carbocycles. The minimum absolute atomic E-state index is 0.636. The van der Waals surface area contributed by atoms with E-state index in [9.17, 15) is 0 Å². The van der Waals surface area contributed by atoms with Crippen molar-refractivity contribution >= 4 is 0 Å². The van der Waals surface area contributed by atoms with Crippen molar-refractivity contribution in [1.29, 1.82) is 5.26 Å². The van der Waals surface area contributed by atoms with Crippen molar-refractivity contribution in [3.05, 3.63) is 23.0 Å². The molecular formula is C10H16N4. The largest absolute Gasteiger partial charge is 0.340 e. The highest BCUT2D eigenvalue weighted by molar-refractivity contribution is 5.33. The van der Waals surface area contributed by atoms with E-state index in [0.717, 1.165) is 24.3 Å². The molecule has 76 valence electrons. The maximum absolute atomic E-state index is 8.82. The number of hydrogen-bond donors (Lipinski definition) is 2. The third-order valence-corrected chi connectivity index (χ3v) is 2.39. The summed E-state index contributed by atoms with van der Waals surface area (Å²) >= 11 is 0. The SMILES string of the molecule is Cc1c(CNCCN)cc(C#N)n1C. The van der Waals surface area contributed by atoms with Crippen LogP contribution in [-0.2, 0) is 13.6 Å². The predicted molar refractivity (Wildman–Crippen MR) is 55.6 cm³/mol. The summed E-state index contributed by atoms with van der Waals surface area (Å²) in [7, 11) is 1.90. The van der Waals surface area contributed by atoms with Crippen LogP contribution in [-0.4, -0.2) is 17.7 Å². The van der Waals surface area contributed by atoms with Crippen molar-refractivity contribution < 1.29 is 0 Å². The molecule has 14 heavy (non-hydrogen) atoms. The van der Waals surface area contributed by atoms with E-state index < -0.39 is 0 Å². The first-order valence-electron chi connectivity index (χ1n) is 4.66. The molecule has 1 rings (SSSR count). The van der Waals surface area contributed by atoms with Gasteiger partial charge in [0, 0.05) is 32.4 Å². The number of nitrogens with zero attached hydrogens (tertiary/aromatic N) is 2. The summed E-state index contributed by atoms with van der Waals surface area (Å²) in [6.45, 7) is 4.23. The fourth-order valence-electron chi connectivity index (χ4n) is 1.37. The van der Waals surface area contributed by atoms with Crippen LogP contribution >= 0.6 is 0 Å². The molecule has 4 heteroatoms. The second-order valence-corrected chi connectivity index (χ2v) is 3.28. The monoisotopic (exact) mass is 192 g/mol. The Morgan fingerprint density at radius 3 is 2.86 bits per heavy atom. The molecule has 0 spiro atoms. The molecule has 1 heterocycles. The first-order chi connectivity index (χ1) is 6.70. The molecule has 0 bridgehead atoms. The lowest BCUT2D eigenvalue weighted by Gasteiger charge is -2.03. The van der Waals surface area contributed by atoms with Crippen LogP contribution in [0.5, 0.6) is 0 Å². The summed E-state index contributed by atoms with van der Waals surface area (Å²) in [6, 6.07) is 4.07. The summed E-state index contributed by atoms with van der Waals surface area (Å²) in [5.74, 6) is 0. The van der Waals surface area contributed by atoms with Gasteiger partial charge in [0.05, 0.1) is 0 Å². The fourth-order valence-corrected chi connectivity index (χ4v) is 1.37. The van der Waals surface area contributed by atoms with E-state index in [1.165, 1.54) is 0 Å². The first kappa shape index (κ1) is 10.8. The summed E-state index contributed by atoms with van der Waals surface area (Å²) in [4.78, 5) is 0. The van der Waals surface area contributed by atoms with Gasteiger partial charge in [-0.2, -0.15) is 5.26 Å². The number of aromatic nitrogens is 1. The van der Waals surface area contributed by atoms with Crippen molar-refractivity contribution in [2.45, 2.75) is 13.5 Å². The number of rotatable bonds is 4. The molecule has 0 aliphatic heterocycles. The number of hydrogen-bond acceptors (Lipinski definition) is 3. The molecular weight excluding hydrogens is 176 g/mol. The summed E-state index contributed by atoms with van der Waals surface area (Å²) < 4.78 is 1.90. The quantitative estimate of drug-likeness (QED) is 0.672. The van der Waals surface area contributed by atoms with Crippen LogP contribution in [0.1, 0.15) is 17.0 Å². The highest BCUT2D eigenvalue weighted by Crippen LogP contribution is 2.12. The van der Waals surface area contributed by atoms with Gasteiger partial charge in [0.2, 0.25) is 0 Å². The molecule has 3 N–H and O–H groups in total. The van der Waals surface area contributed by atoms with Gasteiger partial charge >= 0.3 is 0 Å². The summed E-state index contributed by atoms with van der Waals surface area (Å²) in [6.07, 6.45) is 0. The Morgan fingerprint density at radius 1 is 1.64 bits per heavy atom. The molecule has 0 saturated carbocycles. The molecule has 0 radical (unpaired) electrons. The zero-order chi connectivity index (χ0) is 10.6. The van der Waals surface area contributed by atoms with Crippen LogP contribution < -0.4 is 11.1 Å². The Bertz CT molecular complexity index is 346. The normalized spacial score (nSPS) is 10.1. The van der Waals surface area contributed by atoms with Crippen molar-refractivity contribution in [2.24, 2.45) is 12.8 Å². The smallest absolute Gasteiger partial charge is 0.120 e. The topological polar surface area (TPSA) is 66.8 Å². The van der Waals surface area contributed by atoms with Gasteiger partial charge in [-0.05, 0) is 18.6 Å². The lowest BCUT2D eigenvalue weighted by molar-refractivity contribution is 0.689. The number of nitrogens with two attached hydrogens (primary N) is 1. The third kappa shape index (κ3) is 2.13. The van der Waals surface area contributed by atoms with Gasteiger partial charge in [-0.1, -0.05) is 0 Å². The van der Waals surface area contributed by atoms with Crippen LogP contribution in [0.15, 0.2) is 6.07 Å². The van der Waals surface area contributed by atoms with Crippen LogP contribution in [0.2, 0.25) is 0 Å². The molecule has 1 aromatic heterocycles. The van der Waals surface area contributed by atoms with Gasteiger partial charge in [0.1, 0.15) is 11.8 Å². The Morgan fingerprint density at radius 2 is 2.36 bits per heavy atom. The van der Waals surface area contributed by atoms with Gasteiger partial charge in [-0.15, -0.1) is 0 Å². The first-order valence-corrected chi connectivity index (χ1v) is 4.66.